The fourth-order valence-electron chi connectivity index (χ4n) is 1.17. The van der Waals surface area contributed by atoms with Crippen molar-refractivity contribution in [3.63, 3.8) is 0 Å². The highest BCUT2D eigenvalue weighted by Crippen LogP contribution is 2.24. The van der Waals surface area contributed by atoms with Crippen molar-refractivity contribution in [2.24, 2.45) is 0 Å². The summed E-state index contributed by atoms with van der Waals surface area (Å²) in [7, 11) is 4.53. The van der Waals surface area contributed by atoms with Crippen LogP contribution in [0.4, 0.5) is 0 Å². The van der Waals surface area contributed by atoms with Crippen LogP contribution < -0.4 is 4.74 Å². The van der Waals surface area contributed by atoms with E-state index in [9.17, 15) is 8.42 Å². The molecule has 0 amide bonds. The lowest BCUT2D eigenvalue weighted by molar-refractivity contribution is 0.181. The van der Waals surface area contributed by atoms with Crippen LogP contribution in [0.2, 0.25) is 0 Å². The Labute approximate surface area is 93.2 Å². The molecule has 0 fully saturated rings. The van der Waals surface area contributed by atoms with Crippen LogP contribution in [0.3, 0.4) is 0 Å². The molecule has 0 aliphatic rings. The molecule has 1 aromatic carbocycles. The van der Waals surface area contributed by atoms with Gasteiger partial charge in [-0.1, -0.05) is 0 Å². The van der Waals surface area contributed by atoms with Crippen LogP contribution in [-0.4, -0.2) is 22.6 Å². The molecule has 0 bridgehead atoms. The summed E-state index contributed by atoms with van der Waals surface area (Å²) in [4.78, 5) is 0.0389. The highest BCUT2D eigenvalue weighted by Gasteiger charge is 2.13. The molecule has 6 heteroatoms. The fourth-order valence-corrected chi connectivity index (χ4v) is 1.98. The lowest BCUT2D eigenvalue weighted by atomic mass is 10.2. The van der Waals surface area contributed by atoms with Gasteiger partial charge in [0.05, 0.1) is 18.6 Å². The lowest BCUT2D eigenvalue weighted by Gasteiger charge is -2.08. The van der Waals surface area contributed by atoms with Crippen LogP contribution in [-0.2, 0) is 20.4 Å². The summed E-state index contributed by atoms with van der Waals surface area (Å²) in [5.41, 5.74) is 0.640. The van der Waals surface area contributed by atoms with Gasteiger partial charge in [-0.15, -0.1) is 0 Å². The van der Waals surface area contributed by atoms with Crippen LogP contribution >= 0.6 is 10.7 Å². The average molecular weight is 251 g/mol. The fraction of sp³-hybridized carbons (Fsp3) is 0.333. The number of ether oxygens (including phenoxy) is 2. The average Bonchev–Trinajstić information content (AvgIpc) is 2.17. The molecule has 0 saturated carbocycles. The van der Waals surface area contributed by atoms with Crippen molar-refractivity contribution in [3.05, 3.63) is 23.8 Å². The van der Waals surface area contributed by atoms with E-state index in [1.807, 2.05) is 0 Å². The van der Waals surface area contributed by atoms with Gasteiger partial charge in [0.2, 0.25) is 0 Å². The Hall–Kier alpha value is -0.780. The zero-order valence-electron chi connectivity index (χ0n) is 8.36. The predicted octanol–water partition coefficient (Wildman–Crippen LogP) is 1.77. The second-order valence-corrected chi connectivity index (χ2v) is 5.41. The molecule has 0 radical (unpaired) electrons. The first-order valence-corrected chi connectivity index (χ1v) is 6.40. The molecule has 0 unspecified atom stereocenters. The third-order valence-corrected chi connectivity index (χ3v) is 3.18. The van der Waals surface area contributed by atoms with E-state index < -0.39 is 9.05 Å². The first-order valence-electron chi connectivity index (χ1n) is 4.09. The minimum atomic E-state index is -3.71. The first kappa shape index (κ1) is 12.3. The lowest BCUT2D eigenvalue weighted by Crippen LogP contribution is -1.97. The Morgan fingerprint density at radius 1 is 1.33 bits per heavy atom. The Bertz CT molecular complexity index is 441. The summed E-state index contributed by atoms with van der Waals surface area (Å²) >= 11 is 0. The summed E-state index contributed by atoms with van der Waals surface area (Å²) in [6.45, 7) is 0.267. The van der Waals surface area contributed by atoms with Gasteiger partial charge in [-0.2, -0.15) is 0 Å². The molecular weight excluding hydrogens is 240 g/mol. The molecule has 0 aliphatic heterocycles. The maximum atomic E-state index is 11.1. The SMILES string of the molecule is COCc1cc(S(=O)(=O)Cl)ccc1OC. The van der Waals surface area contributed by atoms with Gasteiger partial charge in [0.1, 0.15) is 5.75 Å². The number of halogens is 1. The van der Waals surface area contributed by atoms with E-state index in [-0.39, 0.29) is 11.5 Å². The predicted molar refractivity (Wildman–Crippen MR) is 56.7 cm³/mol. The highest BCUT2D eigenvalue weighted by atomic mass is 35.7. The van der Waals surface area contributed by atoms with Crippen LogP contribution in [0, 0.1) is 0 Å². The molecule has 1 aromatic rings. The molecule has 0 aromatic heterocycles. The van der Waals surface area contributed by atoms with E-state index in [0.717, 1.165) is 0 Å². The zero-order chi connectivity index (χ0) is 11.5. The maximum absolute atomic E-state index is 11.1. The molecule has 0 N–H and O–H groups in total. The second-order valence-electron chi connectivity index (χ2n) is 2.84. The maximum Gasteiger partial charge on any atom is 0.261 e. The third-order valence-electron chi connectivity index (χ3n) is 1.83. The first-order chi connectivity index (χ1) is 6.99. The highest BCUT2D eigenvalue weighted by molar-refractivity contribution is 8.13. The molecule has 0 saturated heterocycles. The standard InChI is InChI=1S/C9H11ClO4S/c1-13-6-7-5-8(15(10,11)12)3-4-9(7)14-2/h3-5H,6H2,1-2H3. The van der Waals surface area contributed by atoms with Gasteiger partial charge in [0.25, 0.3) is 9.05 Å². The molecular formula is C9H11ClO4S. The van der Waals surface area contributed by atoms with Crippen molar-refractivity contribution in [2.45, 2.75) is 11.5 Å². The number of benzene rings is 1. The summed E-state index contributed by atoms with van der Waals surface area (Å²) in [6.07, 6.45) is 0. The summed E-state index contributed by atoms with van der Waals surface area (Å²) in [6, 6.07) is 4.37. The van der Waals surface area contributed by atoms with Gasteiger partial charge in [-0.05, 0) is 18.2 Å². The van der Waals surface area contributed by atoms with E-state index in [0.29, 0.717) is 11.3 Å². The van der Waals surface area contributed by atoms with Crippen molar-refractivity contribution in [1.29, 1.82) is 0 Å². The van der Waals surface area contributed by atoms with Crippen molar-refractivity contribution in [2.75, 3.05) is 14.2 Å². The van der Waals surface area contributed by atoms with Crippen molar-refractivity contribution in [3.8, 4) is 5.75 Å². The quantitative estimate of drug-likeness (QED) is 0.765. The number of hydrogen-bond acceptors (Lipinski definition) is 4. The summed E-state index contributed by atoms with van der Waals surface area (Å²) in [5.74, 6) is 0.570. The Kier molecular flexibility index (Phi) is 3.96. The van der Waals surface area contributed by atoms with Crippen molar-refractivity contribution >= 4 is 19.7 Å². The molecule has 1 rings (SSSR count). The Balaban J connectivity index is 3.22. The van der Waals surface area contributed by atoms with Gasteiger partial charge in [0, 0.05) is 23.4 Å². The minimum Gasteiger partial charge on any atom is -0.496 e. The Morgan fingerprint density at radius 3 is 2.47 bits per heavy atom. The van der Waals surface area contributed by atoms with Gasteiger partial charge >= 0.3 is 0 Å². The number of hydrogen-bond donors (Lipinski definition) is 0. The molecule has 0 atom stereocenters. The van der Waals surface area contributed by atoms with E-state index >= 15 is 0 Å². The summed E-state index contributed by atoms with van der Waals surface area (Å²) < 4.78 is 32.1. The zero-order valence-corrected chi connectivity index (χ0v) is 9.93. The molecule has 0 heterocycles. The third kappa shape index (κ3) is 3.09. The van der Waals surface area contributed by atoms with Crippen molar-refractivity contribution in [1.82, 2.24) is 0 Å². The van der Waals surface area contributed by atoms with E-state index in [4.69, 9.17) is 20.2 Å². The summed E-state index contributed by atoms with van der Waals surface area (Å²) in [5, 5.41) is 0. The van der Waals surface area contributed by atoms with Crippen molar-refractivity contribution < 1.29 is 17.9 Å². The van der Waals surface area contributed by atoms with Gasteiger partial charge in [0.15, 0.2) is 0 Å². The van der Waals surface area contributed by atoms with Crippen LogP contribution in [0.1, 0.15) is 5.56 Å². The molecule has 0 aliphatic carbocycles. The van der Waals surface area contributed by atoms with Crippen LogP contribution in [0.5, 0.6) is 5.75 Å². The monoisotopic (exact) mass is 250 g/mol. The molecule has 15 heavy (non-hydrogen) atoms. The van der Waals surface area contributed by atoms with E-state index in [1.54, 1.807) is 6.07 Å². The Morgan fingerprint density at radius 2 is 2.00 bits per heavy atom. The topological polar surface area (TPSA) is 52.6 Å². The van der Waals surface area contributed by atoms with Crippen LogP contribution in [0.15, 0.2) is 23.1 Å². The van der Waals surface area contributed by atoms with E-state index in [1.165, 1.54) is 26.4 Å². The number of methoxy groups -OCH3 is 2. The van der Waals surface area contributed by atoms with Gasteiger partial charge in [-0.25, -0.2) is 8.42 Å². The second kappa shape index (κ2) is 4.83. The smallest absolute Gasteiger partial charge is 0.261 e. The van der Waals surface area contributed by atoms with E-state index in [2.05, 4.69) is 0 Å². The number of rotatable bonds is 4. The largest absolute Gasteiger partial charge is 0.496 e. The van der Waals surface area contributed by atoms with Gasteiger partial charge in [-0.3, -0.25) is 0 Å². The minimum absolute atomic E-state index is 0.0389. The molecule has 4 nitrogen and oxygen atoms in total. The normalized spacial score (nSPS) is 11.4. The molecule has 0 spiro atoms. The van der Waals surface area contributed by atoms with Crippen LogP contribution in [0.25, 0.3) is 0 Å². The molecule has 84 valence electrons. The van der Waals surface area contributed by atoms with Gasteiger partial charge < -0.3 is 9.47 Å².